The van der Waals surface area contributed by atoms with E-state index in [0.29, 0.717) is 18.3 Å². The molecule has 1 aliphatic heterocycles. The summed E-state index contributed by atoms with van der Waals surface area (Å²) in [7, 11) is 3.86. The van der Waals surface area contributed by atoms with Crippen molar-refractivity contribution in [1.29, 1.82) is 0 Å². The number of hydrogen-bond donors (Lipinski definition) is 2. The molecule has 0 unspecified atom stereocenters. The highest BCUT2D eigenvalue weighted by molar-refractivity contribution is 6.03. The molecule has 0 radical (unpaired) electrons. The molecular formula is C28H39N5O2. The number of carbonyl (C=O) groups is 2. The number of rotatable bonds is 7. The molecule has 7 heteroatoms. The smallest absolute Gasteiger partial charge is 0.291 e. The summed E-state index contributed by atoms with van der Waals surface area (Å²) in [5.74, 6) is 1.05. The molecule has 2 aliphatic rings. The molecule has 1 saturated heterocycles. The number of H-pyrrole nitrogens is 1. The molecule has 2 heterocycles. The SMILES string of the molecule is CC(C)c1cnc(C(=O)Nc2ccc(C3CCN(C(=O)CN(C)C)CC3)cc2C2=CCCCC2)[nH]1. The number of carbonyl (C=O) groups excluding carboxylic acids is 2. The van der Waals surface area contributed by atoms with Gasteiger partial charge in [-0.05, 0) is 87.7 Å². The van der Waals surface area contributed by atoms with Crippen LogP contribution in [0.2, 0.25) is 0 Å². The van der Waals surface area contributed by atoms with Crippen molar-refractivity contribution in [3.05, 3.63) is 53.1 Å². The fraction of sp³-hybridized carbons (Fsp3) is 0.536. The van der Waals surface area contributed by atoms with Gasteiger partial charge in [0, 0.05) is 36.2 Å². The van der Waals surface area contributed by atoms with Crippen molar-refractivity contribution in [2.45, 2.75) is 64.2 Å². The van der Waals surface area contributed by atoms with Crippen LogP contribution >= 0.6 is 0 Å². The van der Waals surface area contributed by atoms with Gasteiger partial charge in [0.25, 0.3) is 5.91 Å². The lowest BCUT2D eigenvalue weighted by molar-refractivity contribution is -0.132. The zero-order valence-electron chi connectivity index (χ0n) is 21.6. The van der Waals surface area contributed by atoms with Crippen molar-refractivity contribution in [2.75, 3.05) is 39.0 Å². The Morgan fingerprint density at radius 3 is 2.60 bits per heavy atom. The van der Waals surface area contributed by atoms with E-state index in [1.54, 1.807) is 6.20 Å². The third-order valence-corrected chi connectivity index (χ3v) is 7.13. The number of imidazole rings is 1. The number of benzene rings is 1. The van der Waals surface area contributed by atoms with Gasteiger partial charge in [-0.1, -0.05) is 26.0 Å². The maximum Gasteiger partial charge on any atom is 0.291 e. The van der Waals surface area contributed by atoms with Gasteiger partial charge < -0.3 is 20.1 Å². The standard InChI is InChI=1S/C28H39N5O2/c1-19(2)25-17-29-27(30-25)28(35)31-24-11-10-22(16-23(24)21-8-6-5-7-9-21)20-12-14-33(15-13-20)26(34)18-32(3)4/h8,10-11,16-17,19-20H,5-7,9,12-15,18H2,1-4H3,(H,29,30)(H,31,35). The lowest BCUT2D eigenvalue weighted by Gasteiger charge is -2.33. The first-order valence-electron chi connectivity index (χ1n) is 12.9. The number of aromatic nitrogens is 2. The van der Waals surface area contributed by atoms with E-state index in [1.165, 1.54) is 24.0 Å². The zero-order valence-corrected chi connectivity index (χ0v) is 21.6. The Balaban J connectivity index is 1.52. The number of piperidine rings is 1. The molecule has 1 fully saturated rings. The van der Waals surface area contributed by atoms with E-state index in [0.717, 1.165) is 55.7 Å². The summed E-state index contributed by atoms with van der Waals surface area (Å²) in [4.78, 5) is 36.8. The Morgan fingerprint density at radius 2 is 1.97 bits per heavy atom. The largest absolute Gasteiger partial charge is 0.342 e. The second-order valence-electron chi connectivity index (χ2n) is 10.5. The van der Waals surface area contributed by atoms with Gasteiger partial charge in [0.05, 0.1) is 6.54 Å². The number of hydrogen-bond acceptors (Lipinski definition) is 4. The predicted molar refractivity (Wildman–Crippen MR) is 141 cm³/mol. The Kier molecular flexibility index (Phi) is 8.06. The Labute approximate surface area is 209 Å². The fourth-order valence-electron chi connectivity index (χ4n) is 5.03. The molecule has 2 N–H and O–H groups in total. The van der Waals surface area contributed by atoms with E-state index < -0.39 is 0 Å². The highest BCUT2D eigenvalue weighted by Gasteiger charge is 2.25. The molecule has 1 aliphatic carbocycles. The number of nitrogens with zero attached hydrogens (tertiary/aromatic N) is 3. The summed E-state index contributed by atoms with van der Waals surface area (Å²) in [6, 6.07) is 6.47. The van der Waals surface area contributed by atoms with Gasteiger partial charge in [-0.2, -0.15) is 0 Å². The molecule has 7 nitrogen and oxygen atoms in total. The van der Waals surface area contributed by atoms with Gasteiger partial charge in [0.2, 0.25) is 5.91 Å². The highest BCUT2D eigenvalue weighted by atomic mass is 16.2. The summed E-state index contributed by atoms with van der Waals surface area (Å²) < 4.78 is 0. The summed E-state index contributed by atoms with van der Waals surface area (Å²) in [5.41, 5.74) is 5.53. The maximum atomic E-state index is 13.0. The van der Waals surface area contributed by atoms with Crippen molar-refractivity contribution in [3.8, 4) is 0 Å². The summed E-state index contributed by atoms with van der Waals surface area (Å²) >= 11 is 0. The topological polar surface area (TPSA) is 81.3 Å². The molecular weight excluding hydrogens is 438 g/mol. The second kappa shape index (κ2) is 11.2. The van der Waals surface area contributed by atoms with E-state index in [1.807, 2.05) is 30.0 Å². The van der Waals surface area contributed by atoms with E-state index in [2.05, 4.69) is 47.3 Å². The summed E-state index contributed by atoms with van der Waals surface area (Å²) in [6.45, 7) is 6.20. The molecule has 0 atom stereocenters. The lowest BCUT2D eigenvalue weighted by Crippen LogP contribution is -2.42. The molecule has 35 heavy (non-hydrogen) atoms. The molecule has 1 aromatic carbocycles. The normalized spacial score (nSPS) is 17.1. The first kappa shape index (κ1) is 25.2. The van der Waals surface area contributed by atoms with Crippen LogP contribution in [0.25, 0.3) is 5.57 Å². The van der Waals surface area contributed by atoms with E-state index in [9.17, 15) is 9.59 Å². The molecule has 0 spiro atoms. The minimum absolute atomic E-state index is 0.207. The summed E-state index contributed by atoms with van der Waals surface area (Å²) in [5, 5.41) is 3.12. The lowest BCUT2D eigenvalue weighted by atomic mass is 9.85. The van der Waals surface area contributed by atoms with E-state index in [4.69, 9.17) is 0 Å². The van der Waals surface area contributed by atoms with Gasteiger partial charge in [-0.3, -0.25) is 9.59 Å². The summed E-state index contributed by atoms with van der Waals surface area (Å²) in [6.07, 6.45) is 10.5. The number of aromatic amines is 1. The Bertz CT molecular complexity index is 1080. The van der Waals surface area contributed by atoms with Crippen molar-refractivity contribution in [2.24, 2.45) is 0 Å². The Hall–Kier alpha value is -2.93. The number of likely N-dealkylation sites (tertiary alicyclic amines) is 1. The van der Waals surface area contributed by atoms with Crippen LogP contribution in [-0.2, 0) is 4.79 Å². The first-order chi connectivity index (χ1) is 16.8. The number of allylic oxidation sites excluding steroid dienone is 2. The fourth-order valence-corrected chi connectivity index (χ4v) is 5.03. The Morgan fingerprint density at radius 1 is 1.20 bits per heavy atom. The van der Waals surface area contributed by atoms with Gasteiger partial charge in [0.15, 0.2) is 5.82 Å². The third kappa shape index (κ3) is 6.20. The number of amides is 2. The van der Waals surface area contributed by atoms with E-state index in [-0.39, 0.29) is 17.7 Å². The first-order valence-corrected chi connectivity index (χ1v) is 12.9. The van der Waals surface area contributed by atoms with E-state index >= 15 is 0 Å². The van der Waals surface area contributed by atoms with Crippen LogP contribution in [0, 0.1) is 0 Å². The minimum atomic E-state index is -0.213. The average Bonchev–Trinajstić information content (AvgIpc) is 3.36. The monoisotopic (exact) mass is 477 g/mol. The molecule has 0 saturated carbocycles. The molecule has 2 amide bonds. The van der Waals surface area contributed by atoms with Crippen LogP contribution in [0.4, 0.5) is 5.69 Å². The number of nitrogens with one attached hydrogen (secondary N) is 2. The van der Waals surface area contributed by atoms with Crippen LogP contribution < -0.4 is 5.32 Å². The van der Waals surface area contributed by atoms with Crippen molar-refractivity contribution < 1.29 is 9.59 Å². The van der Waals surface area contributed by atoms with Crippen LogP contribution in [0.1, 0.15) is 91.6 Å². The van der Waals surface area contributed by atoms with Crippen LogP contribution in [0.3, 0.4) is 0 Å². The molecule has 4 rings (SSSR count). The van der Waals surface area contributed by atoms with Crippen molar-refractivity contribution in [3.63, 3.8) is 0 Å². The van der Waals surface area contributed by atoms with Crippen LogP contribution in [-0.4, -0.2) is 65.3 Å². The van der Waals surface area contributed by atoms with Gasteiger partial charge in [-0.15, -0.1) is 0 Å². The molecule has 0 bridgehead atoms. The predicted octanol–water partition coefficient (Wildman–Crippen LogP) is 5.01. The van der Waals surface area contributed by atoms with Gasteiger partial charge in [-0.25, -0.2) is 4.98 Å². The molecule has 188 valence electrons. The highest BCUT2D eigenvalue weighted by Crippen LogP contribution is 2.36. The molecule has 2 aromatic rings. The van der Waals surface area contributed by atoms with Gasteiger partial charge >= 0.3 is 0 Å². The van der Waals surface area contributed by atoms with Gasteiger partial charge in [0.1, 0.15) is 0 Å². The number of likely N-dealkylation sites (N-methyl/N-ethyl adjacent to an activating group) is 1. The van der Waals surface area contributed by atoms with Crippen molar-refractivity contribution in [1.82, 2.24) is 19.8 Å². The average molecular weight is 478 g/mol. The van der Waals surface area contributed by atoms with Crippen LogP contribution in [0.5, 0.6) is 0 Å². The zero-order chi connectivity index (χ0) is 24.9. The molecule has 1 aromatic heterocycles. The minimum Gasteiger partial charge on any atom is -0.342 e. The second-order valence-corrected chi connectivity index (χ2v) is 10.5. The third-order valence-electron chi connectivity index (χ3n) is 7.13. The van der Waals surface area contributed by atoms with Crippen LogP contribution in [0.15, 0.2) is 30.5 Å². The quantitative estimate of drug-likeness (QED) is 0.587. The number of anilines is 1. The van der Waals surface area contributed by atoms with Crippen molar-refractivity contribution >= 4 is 23.1 Å². The maximum absolute atomic E-state index is 13.0.